The molecule has 0 aromatic rings. The van der Waals surface area contributed by atoms with E-state index in [0.29, 0.717) is 0 Å². The largest absolute Gasteiger partial charge is 2.00 e. The molecule has 0 bridgehead atoms. The van der Waals surface area contributed by atoms with Gasteiger partial charge in [0.05, 0.1) is 0 Å². The molecule has 0 amide bonds. The Bertz CT molecular complexity index is 119. The Balaban J connectivity index is 0. The van der Waals surface area contributed by atoms with E-state index in [2.05, 4.69) is 6.92 Å². The van der Waals surface area contributed by atoms with E-state index < -0.39 is 0 Å². The summed E-state index contributed by atoms with van der Waals surface area (Å²) in [6, 6.07) is 0. The van der Waals surface area contributed by atoms with Crippen molar-refractivity contribution >= 4 is 23.1 Å². The van der Waals surface area contributed by atoms with Crippen molar-refractivity contribution in [2.45, 2.75) is 51.2 Å². The van der Waals surface area contributed by atoms with E-state index in [0.717, 1.165) is 32.5 Å². The minimum Gasteiger partial charge on any atom is -1.00 e. The average molecular weight is 245 g/mol. The molecular weight excluding hydrogens is 224 g/mol. The van der Waals surface area contributed by atoms with Crippen LogP contribution in [0.3, 0.4) is 0 Å². The third kappa shape index (κ3) is 9.88. The van der Waals surface area contributed by atoms with Crippen molar-refractivity contribution in [2.24, 2.45) is 0 Å². The summed E-state index contributed by atoms with van der Waals surface area (Å²) < 4.78 is 11.0. The Hall–Kier alpha value is 0.976. The van der Waals surface area contributed by atoms with Gasteiger partial charge in [-0.25, -0.2) is 0 Å². The molecule has 1 saturated heterocycles. The van der Waals surface area contributed by atoms with Crippen molar-refractivity contribution in [3.8, 4) is 0 Å². The van der Waals surface area contributed by atoms with Gasteiger partial charge in [0, 0.05) is 13.2 Å². The summed E-state index contributed by atoms with van der Waals surface area (Å²) in [7, 11) is 0. The summed E-state index contributed by atoms with van der Waals surface area (Å²) in [4.78, 5) is 0. The zero-order chi connectivity index (χ0) is 9.36. The molecule has 86 valence electrons. The van der Waals surface area contributed by atoms with Crippen molar-refractivity contribution < 1.29 is 21.9 Å². The number of halogens is 1. The zero-order valence-corrected chi connectivity index (χ0v) is 11.7. The quantitative estimate of drug-likeness (QED) is 0.358. The second-order valence-corrected chi connectivity index (χ2v) is 3.58. The first-order valence-electron chi connectivity index (χ1n) is 5.46. The van der Waals surface area contributed by atoms with Crippen LogP contribution in [0, 0.1) is 6.92 Å². The summed E-state index contributed by atoms with van der Waals surface area (Å²) in [5.74, 6) is 0. The minimum atomic E-state index is 0. The average Bonchev–Trinajstić information content (AvgIpc) is 2.19. The molecule has 0 N–H and O–H groups in total. The first-order chi connectivity index (χ1) is 6.43. The molecule has 0 aliphatic carbocycles. The Morgan fingerprint density at radius 2 is 2.00 bits per heavy atom. The van der Waals surface area contributed by atoms with E-state index in [4.69, 9.17) is 9.47 Å². The molecule has 0 aromatic carbocycles. The first kappa shape index (κ1) is 18.3. The predicted molar refractivity (Wildman–Crippen MR) is 59.1 cm³/mol. The van der Waals surface area contributed by atoms with Crippen LogP contribution in [0.1, 0.15) is 44.9 Å². The number of ether oxygens (including phenoxy) is 2. The van der Waals surface area contributed by atoms with Gasteiger partial charge < -0.3 is 28.8 Å². The monoisotopic (exact) mass is 244 g/mol. The van der Waals surface area contributed by atoms with E-state index in [9.17, 15) is 0 Å². The second kappa shape index (κ2) is 13.0. The standard InChI is InChI=1S/C11H21O2.ClH.Mg/c1-2-3-4-6-9-12-11-8-5-7-10-13-11;;/h11H,1-10H2;1H;/q-1;;+2/p-1. The van der Waals surface area contributed by atoms with Crippen LogP contribution < -0.4 is 12.4 Å². The van der Waals surface area contributed by atoms with Crippen LogP contribution in [0.2, 0.25) is 0 Å². The molecule has 0 radical (unpaired) electrons. The molecule has 0 aromatic heterocycles. The normalized spacial score (nSPS) is 20.2. The van der Waals surface area contributed by atoms with Gasteiger partial charge in [-0.2, -0.15) is 6.42 Å². The van der Waals surface area contributed by atoms with Gasteiger partial charge in [0.1, 0.15) is 0 Å². The number of hydrogen-bond acceptors (Lipinski definition) is 2. The fraction of sp³-hybridized carbons (Fsp3) is 0.909. The summed E-state index contributed by atoms with van der Waals surface area (Å²) >= 11 is 0. The Kier molecular flexibility index (Phi) is 16.0. The Labute approximate surface area is 116 Å². The first-order valence-corrected chi connectivity index (χ1v) is 5.46. The molecule has 1 fully saturated rings. The molecule has 0 spiro atoms. The summed E-state index contributed by atoms with van der Waals surface area (Å²) in [6.45, 7) is 5.54. The van der Waals surface area contributed by atoms with Crippen LogP contribution in [0.5, 0.6) is 0 Å². The van der Waals surface area contributed by atoms with Gasteiger partial charge in [0.15, 0.2) is 6.29 Å². The van der Waals surface area contributed by atoms with Gasteiger partial charge in [0.2, 0.25) is 0 Å². The van der Waals surface area contributed by atoms with Crippen molar-refractivity contribution in [1.29, 1.82) is 0 Å². The molecule has 1 aliphatic rings. The SMILES string of the molecule is [CH2-]CCCCCOC1CCCCO1.[Cl-].[Mg+2]. The number of hydrogen-bond donors (Lipinski definition) is 0. The van der Waals surface area contributed by atoms with Gasteiger partial charge >= 0.3 is 23.1 Å². The molecule has 2 nitrogen and oxygen atoms in total. The van der Waals surface area contributed by atoms with Crippen LogP contribution >= 0.6 is 0 Å². The maximum absolute atomic E-state index is 5.59. The van der Waals surface area contributed by atoms with Crippen molar-refractivity contribution in [3.63, 3.8) is 0 Å². The smallest absolute Gasteiger partial charge is 1.00 e. The van der Waals surface area contributed by atoms with E-state index >= 15 is 0 Å². The molecule has 1 rings (SSSR count). The summed E-state index contributed by atoms with van der Waals surface area (Å²) in [6.07, 6.45) is 8.26. The fourth-order valence-electron chi connectivity index (χ4n) is 1.51. The van der Waals surface area contributed by atoms with Gasteiger partial charge in [-0.1, -0.05) is 12.8 Å². The molecular formula is C11H21ClMgO2. The van der Waals surface area contributed by atoms with Gasteiger partial charge in [-0.15, -0.1) is 0 Å². The molecule has 15 heavy (non-hydrogen) atoms. The van der Waals surface area contributed by atoms with Crippen LogP contribution in [0.25, 0.3) is 0 Å². The fourth-order valence-corrected chi connectivity index (χ4v) is 1.51. The van der Waals surface area contributed by atoms with Crippen molar-refractivity contribution in [1.82, 2.24) is 0 Å². The van der Waals surface area contributed by atoms with Crippen LogP contribution in [-0.2, 0) is 9.47 Å². The van der Waals surface area contributed by atoms with Crippen LogP contribution in [0.4, 0.5) is 0 Å². The second-order valence-electron chi connectivity index (χ2n) is 3.58. The molecule has 4 heteroatoms. The van der Waals surface area contributed by atoms with Crippen molar-refractivity contribution in [3.05, 3.63) is 6.92 Å². The third-order valence-corrected chi connectivity index (χ3v) is 2.34. The molecule has 1 unspecified atom stereocenters. The maximum atomic E-state index is 5.59. The topological polar surface area (TPSA) is 18.5 Å². The maximum Gasteiger partial charge on any atom is 2.00 e. The predicted octanol–water partition coefficient (Wildman–Crippen LogP) is -0.453. The van der Waals surface area contributed by atoms with Crippen LogP contribution in [-0.4, -0.2) is 42.6 Å². The van der Waals surface area contributed by atoms with Gasteiger partial charge in [-0.05, 0) is 25.7 Å². The molecule has 1 aliphatic heterocycles. The summed E-state index contributed by atoms with van der Waals surface area (Å²) in [5.41, 5.74) is 0. The van der Waals surface area contributed by atoms with Gasteiger partial charge in [0.25, 0.3) is 0 Å². The zero-order valence-electron chi connectivity index (χ0n) is 9.55. The molecule has 1 heterocycles. The van der Waals surface area contributed by atoms with Crippen molar-refractivity contribution in [2.75, 3.05) is 13.2 Å². The number of rotatable bonds is 6. The number of unbranched alkanes of at least 4 members (excludes halogenated alkanes) is 3. The minimum absolute atomic E-state index is 0. The van der Waals surface area contributed by atoms with Crippen LogP contribution in [0.15, 0.2) is 0 Å². The van der Waals surface area contributed by atoms with E-state index in [-0.39, 0.29) is 41.7 Å². The summed E-state index contributed by atoms with van der Waals surface area (Å²) in [5, 5.41) is 0. The van der Waals surface area contributed by atoms with E-state index in [1.54, 1.807) is 0 Å². The molecule has 1 atom stereocenters. The Morgan fingerprint density at radius 3 is 2.60 bits per heavy atom. The van der Waals surface area contributed by atoms with E-state index in [1.807, 2.05) is 0 Å². The third-order valence-electron chi connectivity index (χ3n) is 2.34. The van der Waals surface area contributed by atoms with E-state index in [1.165, 1.54) is 25.7 Å². The molecule has 0 saturated carbocycles. The Morgan fingerprint density at radius 1 is 1.20 bits per heavy atom. The van der Waals surface area contributed by atoms with Gasteiger partial charge in [-0.3, -0.25) is 0 Å².